The molecule has 9 nitrogen and oxygen atoms in total. The van der Waals surface area contributed by atoms with E-state index in [4.69, 9.17) is 14.2 Å². The van der Waals surface area contributed by atoms with Crippen molar-refractivity contribution < 1.29 is 93.0 Å². The summed E-state index contributed by atoms with van der Waals surface area (Å²) in [7, 11) is 10.4. The molecule has 0 N–H and O–H groups in total. The van der Waals surface area contributed by atoms with Crippen LogP contribution < -0.4 is 50.9 Å². The number of carbonyl (C=O) groups excluding carboxylic acids is 3. The standard InChI is InChI=1S/C38H78N3O6.3BrH/c1-9-12-15-18-21-30-45-36(42)33-39(4,5)26-24-28-41(8,35-38(44)47-32-23-20-17-14-11-3)29-25-27-40(6,7)34-37(43)46-31-22-19-16-13-10-2;;;/h9-35H2,1-8H3;3*1H/q+3;;;/p-3. The number of esters is 3. The Bertz CT molecular complexity index is 786. The first-order chi connectivity index (χ1) is 22.3. The molecule has 0 spiro atoms. The summed E-state index contributed by atoms with van der Waals surface area (Å²) >= 11 is 0. The zero-order chi connectivity index (χ0) is 35.4. The molecular formula is C38H78Br3N3O6. The fraction of sp³-hybridized carbons (Fsp3) is 0.921. The van der Waals surface area contributed by atoms with E-state index in [1.165, 1.54) is 57.8 Å². The van der Waals surface area contributed by atoms with E-state index in [0.29, 0.717) is 52.9 Å². The molecule has 0 rings (SSSR count). The molecule has 50 heavy (non-hydrogen) atoms. The molecule has 0 bridgehead atoms. The van der Waals surface area contributed by atoms with E-state index in [9.17, 15) is 14.4 Å². The van der Waals surface area contributed by atoms with Gasteiger partial charge in [0, 0.05) is 12.8 Å². The molecule has 0 heterocycles. The van der Waals surface area contributed by atoms with Crippen molar-refractivity contribution in [2.45, 2.75) is 130 Å². The fourth-order valence-corrected chi connectivity index (χ4v) is 6.01. The van der Waals surface area contributed by atoms with Crippen molar-refractivity contribution in [2.75, 3.05) is 101 Å². The Kier molecular flexibility index (Phi) is 39.0. The van der Waals surface area contributed by atoms with E-state index in [0.717, 1.165) is 77.5 Å². The zero-order valence-electron chi connectivity index (χ0n) is 33.5. The van der Waals surface area contributed by atoms with Gasteiger partial charge in [-0.3, -0.25) is 0 Å². The summed E-state index contributed by atoms with van der Waals surface area (Å²) in [6.45, 7) is 12.4. The Morgan fingerprint density at radius 2 is 0.660 bits per heavy atom. The largest absolute Gasteiger partial charge is 1.00 e. The molecule has 0 aliphatic carbocycles. The molecule has 0 fully saturated rings. The quantitative estimate of drug-likeness (QED) is 0.0335. The molecule has 0 aromatic rings. The summed E-state index contributed by atoms with van der Waals surface area (Å²) in [6, 6.07) is 0. The predicted molar refractivity (Wildman–Crippen MR) is 193 cm³/mol. The second-order valence-corrected chi connectivity index (χ2v) is 15.5. The Morgan fingerprint density at radius 3 is 0.960 bits per heavy atom. The Labute approximate surface area is 340 Å². The summed E-state index contributed by atoms with van der Waals surface area (Å²) < 4.78 is 18.4. The molecular weight excluding hydrogens is 834 g/mol. The van der Waals surface area contributed by atoms with Gasteiger partial charge in [0.05, 0.1) is 81.2 Å². The third kappa shape index (κ3) is 34.8. The number of unbranched alkanes of at least 4 members (excludes halogenated alkanes) is 12. The maximum absolute atomic E-state index is 13.0. The molecule has 302 valence electrons. The lowest BCUT2D eigenvalue weighted by Gasteiger charge is -2.36. The van der Waals surface area contributed by atoms with Crippen LogP contribution in [-0.2, 0) is 28.6 Å². The second-order valence-electron chi connectivity index (χ2n) is 15.5. The number of likely N-dealkylation sites (N-methyl/N-ethyl adjacent to an activating group) is 3. The molecule has 0 atom stereocenters. The molecule has 0 aromatic carbocycles. The van der Waals surface area contributed by atoms with E-state index in [2.05, 4.69) is 56.0 Å². The predicted octanol–water partition coefficient (Wildman–Crippen LogP) is -2.08. The number of rotatable bonds is 32. The average Bonchev–Trinajstić information content (AvgIpc) is 2.97. The number of nitrogens with zero attached hydrogens (tertiary/aromatic N) is 3. The highest BCUT2D eigenvalue weighted by Gasteiger charge is 2.30. The summed E-state index contributed by atoms with van der Waals surface area (Å²) in [5.74, 6) is -0.420. The van der Waals surface area contributed by atoms with Crippen molar-refractivity contribution in [3.05, 3.63) is 0 Å². The van der Waals surface area contributed by atoms with Crippen LogP contribution in [0.2, 0.25) is 0 Å². The number of carbonyl (C=O) groups is 3. The van der Waals surface area contributed by atoms with Crippen LogP contribution in [0, 0.1) is 0 Å². The van der Waals surface area contributed by atoms with E-state index >= 15 is 0 Å². The van der Waals surface area contributed by atoms with Gasteiger partial charge >= 0.3 is 17.9 Å². The fourth-order valence-electron chi connectivity index (χ4n) is 6.01. The van der Waals surface area contributed by atoms with Crippen molar-refractivity contribution >= 4 is 17.9 Å². The number of halogens is 3. The van der Waals surface area contributed by atoms with Crippen molar-refractivity contribution in [3.63, 3.8) is 0 Å². The first kappa shape index (κ1) is 56.5. The van der Waals surface area contributed by atoms with Gasteiger partial charge in [0.2, 0.25) is 0 Å². The molecule has 12 heteroatoms. The van der Waals surface area contributed by atoms with Crippen LogP contribution in [0.5, 0.6) is 0 Å². The topological polar surface area (TPSA) is 78.9 Å². The van der Waals surface area contributed by atoms with E-state index in [1.807, 2.05) is 0 Å². The maximum Gasteiger partial charge on any atom is 0.361 e. The highest BCUT2D eigenvalue weighted by Crippen LogP contribution is 2.13. The molecule has 0 radical (unpaired) electrons. The van der Waals surface area contributed by atoms with Crippen molar-refractivity contribution in [1.29, 1.82) is 0 Å². The highest BCUT2D eigenvalue weighted by molar-refractivity contribution is 5.71. The molecule has 0 unspecified atom stereocenters. The van der Waals surface area contributed by atoms with Crippen molar-refractivity contribution in [2.24, 2.45) is 0 Å². The van der Waals surface area contributed by atoms with Crippen molar-refractivity contribution in [3.8, 4) is 0 Å². The van der Waals surface area contributed by atoms with Crippen LogP contribution in [0.4, 0.5) is 0 Å². The van der Waals surface area contributed by atoms with Gasteiger partial charge in [0.15, 0.2) is 19.6 Å². The molecule has 0 saturated carbocycles. The smallest absolute Gasteiger partial charge is 0.361 e. The number of hydrogen-bond acceptors (Lipinski definition) is 6. The third-order valence-corrected chi connectivity index (χ3v) is 9.08. The van der Waals surface area contributed by atoms with E-state index < -0.39 is 0 Å². The maximum atomic E-state index is 13.0. The van der Waals surface area contributed by atoms with E-state index in [1.54, 1.807) is 0 Å². The summed E-state index contributed by atoms with van der Waals surface area (Å²) in [4.78, 5) is 38.0. The van der Waals surface area contributed by atoms with Gasteiger partial charge in [0.1, 0.15) is 0 Å². The van der Waals surface area contributed by atoms with Gasteiger partial charge < -0.3 is 78.6 Å². The normalized spacial score (nSPS) is 11.5. The van der Waals surface area contributed by atoms with Gasteiger partial charge in [0.25, 0.3) is 0 Å². The first-order valence-corrected chi connectivity index (χ1v) is 19.2. The molecule has 0 aromatic heterocycles. The minimum Gasteiger partial charge on any atom is -1.00 e. The van der Waals surface area contributed by atoms with Gasteiger partial charge in [-0.15, -0.1) is 0 Å². The number of hydrogen-bond donors (Lipinski definition) is 0. The lowest BCUT2D eigenvalue weighted by molar-refractivity contribution is -0.921. The number of ether oxygens (including phenoxy) is 3. The Morgan fingerprint density at radius 1 is 0.380 bits per heavy atom. The number of quaternary nitrogens is 3. The van der Waals surface area contributed by atoms with Crippen LogP contribution in [0.15, 0.2) is 0 Å². The average molecular weight is 913 g/mol. The molecule has 0 saturated heterocycles. The first-order valence-electron chi connectivity index (χ1n) is 19.2. The van der Waals surface area contributed by atoms with E-state index in [-0.39, 0.29) is 68.9 Å². The second kappa shape index (κ2) is 34.5. The highest BCUT2D eigenvalue weighted by atomic mass is 79.9. The van der Waals surface area contributed by atoms with Crippen LogP contribution in [0.25, 0.3) is 0 Å². The summed E-state index contributed by atoms with van der Waals surface area (Å²) in [6.07, 6.45) is 18.7. The Hall–Kier alpha value is -0.270. The third-order valence-electron chi connectivity index (χ3n) is 9.08. The monoisotopic (exact) mass is 909 g/mol. The Balaban J connectivity index is -0.00000353. The molecule has 0 aliphatic rings. The van der Waals surface area contributed by atoms with Gasteiger partial charge in [-0.25, -0.2) is 14.4 Å². The molecule has 0 amide bonds. The minimum absolute atomic E-state index is 0. The zero-order valence-corrected chi connectivity index (χ0v) is 38.3. The van der Waals surface area contributed by atoms with Crippen LogP contribution in [-0.4, -0.2) is 132 Å². The lowest BCUT2D eigenvalue weighted by atomic mass is 10.2. The van der Waals surface area contributed by atoms with Crippen molar-refractivity contribution in [1.82, 2.24) is 0 Å². The van der Waals surface area contributed by atoms with Gasteiger partial charge in [-0.05, 0) is 19.3 Å². The van der Waals surface area contributed by atoms with Gasteiger partial charge in [-0.1, -0.05) is 97.8 Å². The lowest BCUT2D eigenvalue weighted by Crippen LogP contribution is -3.00. The van der Waals surface area contributed by atoms with Gasteiger partial charge in [-0.2, -0.15) is 0 Å². The summed E-state index contributed by atoms with van der Waals surface area (Å²) in [5.41, 5.74) is 0. The van der Waals surface area contributed by atoms with Crippen LogP contribution in [0.1, 0.15) is 130 Å². The SMILES string of the molecule is CCCCCCCOC(=O)C[N+](C)(C)CCC[N+](C)(CCC[N+](C)(C)CC(=O)OCCCCCCC)CC(=O)OCCCCCCC.[Br-].[Br-].[Br-]. The summed E-state index contributed by atoms with van der Waals surface area (Å²) in [5, 5.41) is 0. The molecule has 0 aliphatic heterocycles. The van der Waals surface area contributed by atoms with Crippen LogP contribution >= 0.6 is 0 Å². The van der Waals surface area contributed by atoms with Crippen LogP contribution in [0.3, 0.4) is 0 Å². The minimum atomic E-state index is -0.143.